The van der Waals surface area contributed by atoms with E-state index in [4.69, 9.17) is 5.11 Å². The summed E-state index contributed by atoms with van der Waals surface area (Å²) in [5, 5.41) is 8.65. The predicted octanol–water partition coefficient (Wildman–Crippen LogP) is 2.99. The maximum absolute atomic E-state index is 12.0. The van der Waals surface area contributed by atoms with Gasteiger partial charge in [0.05, 0.1) is 0 Å². The van der Waals surface area contributed by atoms with E-state index in [1.807, 2.05) is 32.0 Å². The lowest BCUT2D eigenvalue weighted by atomic mass is 9.94. The minimum atomic E-state index is -0.856. The van der Waals surface area contributed by atoms with Gasteiger partial charge in [-0.05, 0) is 25.3 Å². The molecule has 3 heteroatoms. The topological polar surface area (TPSA) is 54.4 Å². The van der Waals surface area contributed by atoms with E-state index >= 15 is 0 Å². The van der Waals surface area contributed by atoms with Crippen LogP contribution in [0.3, 0.4) is 0 Å². The standard InChI is InChI=1S/C14H18O3/c1-9-4-5-12(11(3)6-9)13(15)7-10(2)8-14(16)17/h4-6,10H,7-8H2,1-3H3,(H,16,17)/t10-/m0/s1. The maximum atomic E-state index is 12.0. The fraction of sp³-hybridized carbons (Fsp3) is 0.429. The molecule has 0 aliphatic heterocycles. The van der Waals surface area contributed by atoms with E-state index in [2.05, 4.69) is 0 Å². The zero-order valence-electron chi connectivity index (χ0n) is 10.5. The molecule has 92 valence electrons. The van der Waals surface area contributed by atoms with Crippen molar-refractivity contribution in [3.05, 3.63) is 34.9 Å². The van der Waals surface area contributed by atoms with Crippen molar-refractivity contribution < 1.29 is 14.7 Å². The van der Waals surface area contributed by atoms with Gasteiger partial charge < -0.3 is 5.11 Å². The first-order valence-corrected chi connectivity index (χ1v) is 5.72. The summed E-state index contributed by atoms with van der Waals surface area (Å²) < 4.78 is 0. The van der Waals surface area contributed by atoms with E-state index in [1.54, 1.807) is 6.92 Å². The monoisotopic (exact) mass is 234 g/mol. The minimum absolute atomic E-state index is 0.0243. The van der Waals surface area contributed by atoms with Gasteiger partial charge in [0.2, 0.25) is 0 Å². The molecular weight excluding hydrogens is 216 g/mol. The van der Waals surface area contributed by atoms with Gasteiger partial charge in [-0.1, -0.05) is 30.7 Å². The Morgan fingerprint density at radius 2 is 1.88 bits per heavy atom. The van der Waals surface area contributed by atoms with E-state index in [-0.39, 0.29) is 24.5 Å². The van der Waals surface area contributed by atoms with Gasteiger partial charge >= 0.3 is 5.97 Å². The first-order chi connectivity index (χ1) is 7.90. The molecule has 0 heterocycles. The van der Waals surface area contributed by atoms with Crippen molar-refractivity contribution >= 4 is 11.8 Å². The molecule has 17 heavy (non-hydrogen) atoms. The summed E-state index contributed by atoms with van der Waals surface area (Å²) in [7, 11) is 0. The molecule has 0 aliphatic carbocycles. The molecule has 3 nitrogen and oxygen atoms in total. The third-order valence-corrected chi connectivity index (χ3v) is 2.74. The van der Waals surface area contributed by atoms with E-state index in [9.17, 15) is 9.59 Å². The first-order valence-electron chi connectivity index (χ1n) is 5.72. The molecule has 0 unspecified atom stereocenters. The fourth-order valence-corrected chi connectivity index (χ4v) is 1.92. The van der Waals surface area contributed by atoms with Crippen molar-refractivity contribution in [3.8, 4) is 0 Å². The van der Waals surface area contributed by atoms with Crippen LogP contribution in [-0.4, -0.2) is 16.9 Å². The van der Waals surface area contributed by atoms with Crippen LogP contribution in [0.15, 0.2) is 18.2 Å². The first kappa shape index (κ1) is 13.4. The Bertz CT molecular complexity index is 435. The number of carbonyl (C=O) groups is 2. The SMILES string of the molecule is Cc1ccc(C(=O)C[C@H](C)CC(=O)O)c(C)c1. The zero-order valence-corrected chi connectivity index (χ0v) is 10.5. The highest BCUT2D eigenvalue weighted by Gasteiger charge is 2.15. The quantitative estimate of drug-likeness (QED) is 0.797. The van der Waals surface area contributed by atoms with Crippen LogP contribution in [-0.2, 0) is 4.79 Å². The Labute approximate surface area is 101 Å². The van der Waals surface area contributed by atoms with Gasteiger partial charge in [0.15, 0.2) is 5.78 Å². The van der Waals surface area contributed by atoms with Crippen molar-refractivity contribution in [1.82, 2.24) is 0 Å². The van der Waals surface area contributed by atoms with Crippen molar-refractivity contribution in [2.75, 3.05) is 0 Å². The van der Waals surface area contributed by atoms with Gasteiger partial charge in [-0.15, -0.1) is 0 Å². The number of ketones is 1. The average Bonchev–Trinajstić information content (AvgIpc) is 2.15. The lowest BCUT2D eigenvalue weighted by Gasteiger charge is -2.10. The molecule has 0 radical (unpaired) electrons. The lowest BCUT2D eigenvalue weighted by molar-refractivity contribution is -0.137. The minimum Gasteiger partial charge on any atom is -0.481 e. The smallest absolute Gasteiger partial charge is 0.303 e. The molecular formula is C14H18O3. The molecule has 0 fully saturated rings. The molecule has 0 saturated heterocycles. The van der Waals surface area contributed by atoms with Crippen LogP contribution in [0.2, 0.25) is 0 Å². The third kappa shape index (κ3) is 4.02. The number of benzene rings is 1. The Kier molecular flexibility index (Phi) is 4.44. The Hall–Kier alpha value is -1.64. The van der Waals surface area contributed by atoms with Gasteiger partial charge in [0, 0.05) is 18.4 Å². The van der Waals surface area contributed by atoms with Crippen LogP contribution in [0.4, 0.5) is 0 Å². The highest BCUT2D eigenvalue weighted by molar-refractivity contribution is 5.97. The van der Waals surface area contributed by atoms with Gasteiger partial charge in [0.1, 0.15) is 0 Å². The van der Waals surface area contributed by atoms with Crippen LogP contribution in [0, 0.1) is 19.8 Å². The summed E-state index contributed by atoms with van der Waals surface area (Å²) in [6.07, 6.45) is 0.326. The molecule has 0 amide bonds. The summed E-state index contributed by atoms with van der Waals surface area (Å²) in [6, 6.07) is 5.69. The van der Waals surface area contributed by atoms with E-state index in [0.29, 0.717) is 5.56 Å². The number of rotatable bonds is 5. The Morgan fingerprint density at radius 3 is 2.41 bits per heavy atom. The van der Waals surface area contributed by atoms with Crippen LogP contribution in [0.5, 0.6) is 0 Å². The van der Waals surface area contributed by atoms with Crippen molar-refractivity contribution in [1.29, 1.82) is 0 Å². The molecule has 0 spiro atoms. The summed E-state index contributed by atoms with van der Waals surface area (Å²) in [5.74, 6) is -0.956. The van der Waals surface area contributed by atoms with Crippen molar-refractivity contribution in [3.63, 3.8) is 0 Å². The van der Waals surface area contributed by atoms with Crippen LogP contribution in [0.25, 0.3) is 0 Å². The van der Waals surface area contributed by atoms with Gasteiger partial charge in [0.25, 0.3) is 0 Å². The second-order valence-electron chi connectivity index (χ2n) is 4.65. The number of carboxylic acids is 1. The van der Waals surface area contributed by atoms with E-state index < -0.39 is 5.97 Å². The summed E-state index contributed by atoms with van der Waals surface area (Å²) in [4.78, 5) is 22.5. The largest absolute Gasteiger partial charge is 0.481 e. The Balaban J connectivity index is 2.73. The second-order valence-corrected chi connectivity index (χ2v) is 4.65. The van der Waals surface area contributed by atoms with E-state index in [0.717, 1.165) is 11.1 Å². The van der Waals surface area contributed by atoms with Crippen LogP contribution < -0.4 is 0 Å². The lowest BCUT2D eigenvalue weighted by Crippen LogP contribution is -2.11. The van der Waals surface area contributed by atoms with E-state index in [1.165, 1.54) is 0 Å². The number of Topliss-reactive ketones (excluding diaryl/α,β-unsaturated/α-hetero) is 1. The molecule has 1 N–H and O–H groups in total. The number of hydrogen-bond donors (Lipinski definition) is 1. The molecule has 1 atom stereocenters. The maximum Gasteiger partial charge on any atom is 0.303 e. The molecule has 0 aromatic heterocycles. The number of aliphatic carboxylic acids is 1. The Morgan fingerprint density at radius 1 is 1.24 bits per heavy atom. The molecule has 0 aliphatic rings. The molecule has 1 aromatic rings. The van der Waals surface area contributed by atoms with Gasteiger partial charge in [-0.3, -0.25) is 9.59 Å². The molecule has 0 saturated carbocycles. The second kappa shape index (κ2) is 5.62. The highest BCUT2D eigenvalue weighted by Crippen LogP contribution is 2.17. The van der Waals surface area contributed by atoms with Crippen molar-refractivity contribution in [2.24, 2.45) is 5.92 Å². The fourth-order valence-electron chi connectivity index (χ4n) is 1.92. The molecule has 1 rings (SSSR count). The number of hydrogen-bond acceptors (Lipinski definition) is 2. The number of aryl methyl sites for hydroxylation is 2. The number of carboxylic acid groups (broad SMARTS) is 1. The van der Waals surface area contributed by atoms with Gasteiger partial charge in [-0.25, -0.2) is 0 Å². The number of carbonyl (C=O) groups excluding carboxylic acids is 1. The molecule has 0 bridgehead atoms. The zero-order chi connectivity index (χ0) is 13.0. The van der Waals surface area contributed by atoms with Crippen LogP contribution >= 0.6 is 0 Å². The average molecular weight is 234 g/mol. The van der Waals surface area contributed by atoms with Crippen LogP contribution in [0.1, 0.15) is 41.3 Å². The summed E-state index contributed by atoms with van der Waals surface area (Å²) >= 11 is 0. The highest BCUT2D eigenvalue weighted by atomic mass is 16.4. The predicted molar refractivity (Wildman–Crippen MR) is 66.3 cm³/mol. The van der Waals surface area contributed by atoms with Crippen molar-refractivity contribution in [2.45, 2.75) is 33.6 Å². The molecule has 1 aromatic carbocycles. The van der Waals surface area contributed by atoms with Gasteiger partial charge in [-0.2, -0.15) is 0 Å². The normalized spacial score (nSPS) is 12.2. The third-order valence-electron chi connectivity index (χ3n) is 2.74. The summed E-state index contributed by atoms with van der Waals surface area (Å²) in [5.41, 5.74) is 2.78. The summed E-state index contributed by atoms with van der Waals surface area (Å²) in [6.45, 7) is 5.67.